The van der Waals surface area contributed by atoms with Crippen molar-refractivity contribution in [2.24, 2.45) is 0 Å². The molecule has 1 aromatic heterocycles. The number of aryl methyl sites for hydroxylation is 3. The number of nitrogens with one attached hydrogen (secondary N) is 1. The number of aromatic nitrogens is 2. The standard InChI is InChI=1S/C25H30FN5O2/c1-16-8-9-20(14-21(16)26)24-28-25(33-29-24)19(4)31-12-10-30(11-13-31)15-22(32)27-23-17(2)6-5-7-18(23)3/h5-9,14,19H,10-13,15H2,1-4H3,(H,27,32). The molecule has 0 spiro atoms. The van der Waals surface area contributed by atoms with Crippen LogP contribution in [0, 0.1) is 26.6 Å². The Bertz CT molecular complexity index is 1120. The number of para-hydroxylation sites is 1. The summed E-state index contributed by atoms with van der Waals surface area (Å²) in [6.07, 6.45) is 0. The molecule has 0 saturated carbocycles. The van der Waals surface area contributed by atoms with Gasteiger partial charge in [0.25, 0.3) is 0 Å². The molecule has 1 aliphatic rings. The lowest BCUT2D eigenvalue weighted by atomic mass is 10.1. The molecule has 1 unspecified atom stereocenters. The summed E-state index contributed by atoms with van der Waals surface area (Å²) in [5, 5.41) is 7.10. The van der Waals surface area contributed by atoms with Gasteiger partial charge in [-0.2, -0.15) is 4.98 Å². The maximum Gasteiger partial charge on any atom is 0.244 e. The summed E-state index contributed by atoms with van der Waals surface area (Å²) >= 11 is 0. The monoisotopic (exact) mass is 451 g/mol. The average molecular weight is 452 g/mol. The van der Waals surface area contributed by atoms with Gasteiger partial charge in [0.1, 0.15) is 5.82 Å². The van der Waals surface area contributed by atoms with Crippen LogP contribution in [0.25, 0.3) is 11.4 Å². The van der Waals surface area contributed by atoms with E-state index in [1.54, 1.807) is 19.1 Å². The Balaban J connectivity index is 1.31. The number of benzene rings is 2. The normalized spacial score (nSPS) is 16.0. The van der Waals surface area contributed by atoms with Gasteiger partial charge in [-0.15, -0.1) is 0 Å². The van der Waals surface area contributed by atoms with Crippen molar-refractivity contribution in [2.45, 2.75) is 33.7 Å². The topological polar surface area (TPSA) is 74.5 Å². The van der Waals surface area contributed by atoms with E-state index >= 15 is 0 Å². The first-order valence-corrected chi connectivity index (χ1v) is 11.2. The predicted octanol–water partition coefficient (Wildman–Crippen LogP) is 4.12. The second kappa shape index (κ2) is 9.80. The predicted molar refractivity (Wildman–Crippen MR) is 125 cm³/mol. The van der Waals surface area contributed by atoms with Crippen LogP contribution in [0.2, 0.25) is 0 Å². The molecule has 4 rings (SSSR count). The number of carbonyl (C=O) groups is 1. The van der Waals surface area contributed by atoms with Crippen LogP contribution in [0.5, 0.6) is 0 Å². The molecule has 1 aliphatic heterocycles. The molecule has 8 heteroatoms. The minimum absolute atomic E-state index is 0.000714. The number of amides is 1. The molecular weight excluding hydrogens is 421 g/mol. The fourth-order valence-electron chi connectivity index (χ4n) is 4.11. The van der Waals surface area contributed by atoms with Crippen LogP contribution in [-0.2, 0) is 4.79 Å². The van der Waals surface area contributed by atoms with Crippen molar-refractivity contribution in [1.29, 1.82) is 0 Å². The van der Waals surface area contributed by atoms with Crippen molar-refractivity contribution in [3.63, 3.8) is 0 Å². The van der Waals surface area contributed by atoms with Gasteiger partial charge < -0.3 is 9.84 Å². The Hall–Kier alpha value is -3.10. The molecule has 0 radical (unpaired) electrons. The van der Waals surface area contributed by atoms with Crippen LogP contribution in [0.3, 0.4) is 0 Å². The van der Waals surface area contributed by atoms with E-state index in [1.807, 2.05) is 39.0 Å². The lowest BCUT2D eigenvalue weighted by molar-refractivity contribution is -0.117. The number of anilines is 1. The van der Waals surface area contributed by atoms with Gasteiger partial charge in [-0.05, 0) is 50.5 Å². The molecule has 1 N–H and O–H groups in total. The van der Waals surface area contributed by atoms with Crippen molar-refractivity contribution < 1.29 is 13.7 Å². The first-order valence-electron chi connectivity index (χ1n) is 11.2. The first kappa shape index (κ1) is 23.1. The van der Waals surface area contributed by atoms with Gasteiger partial charge in [-0.25, -0.2) is 4.39 Å². The molecule has 174 valence electrons. The zero-order valence-corrected chi connectivity index (χ0v) is 19.6. The quantitative estimate of drug-likeness (QED) is 0.608. The van der Waals surface area contributed by atoms with Gasteiger partial charge in [0.05, 0.1) is 12.6 Å². The third-order valence-electron chi connectivity index (χ3n) is 6.30. The maximum atomic E-state index is 13.9. The van der Waals surface area contributed by atoms with Gasteiger partial charge >= 0.3 is 0 Å². The molecule has 1 fully saturated rings. The number of hydrogen-bond donors (Lipinski definition) is 1. The van der Waals surface area contributed by atoms with Crippen LogP contribution < -0.4 is 5.32 Å². The highest BCUT2D eigenvalue weighted by Gasteiger charge is 2.27. The average Bonchev–Trinajstić information content (AvgIpc) is 3.29. The van der Waals surface area contributed by atoms with E-state index in [0.29, 0.717) is 29.4 Å². The molecule has 1 amide bonds. The van der Waals surface area contributed by atoms with E-state index in [0.717, 1.165) is 43.0 Å². The van der Waals surface area contributed by atoms with Crippen LogP contribution in [0.4, 0.5) is 10.1 Å². The van der Waals surface area contributed by atoms with Crippen LogP contribution in [0.15, 0.2) is 40.9 Å². The van der Waals surface area contributed by atoms with Crippen molar-refractivity contribution in [3.05, 3.63) is 64.8 Å². The van der Waals surface area contributed by atoms with Gasteiger partial charge in [-0.1, -0.05) is 35.5 Å². The minimum atomic E-state index is -0.287. The SMILES string of the molecule is Cc1ccc(-c2noc(C(C)N3CCN(CC(=O)Nc4c(C)cccc4C)CC3)n2)cc1F. The molecule has 7 nitrogen and oxygen atoms in total. The molecule has 1 atom stereocenters. The third-order valence-corrected chi connectivity index (χ3v) is 6.30. The van der Waals surface area contributed by atoms with E-state index in [-0.39, 0.29) is 17.8 Å². The smallest absolute Gasteiger partial charge is 0.244 e. The first-order chi connectivity index (χ1) is 15.8. The largest absolute Gasteiger partial charge is 0.337 e. The Morgan fingerprint density at radius 2 is 1.79 bits per heavy atom. The van der Waals surface area contributed by atoms with E-state index < -0.39 is 0 Å². The van der Waals surface area contributed by atoms with E-state index in [2.05, 4.69) is 25.3 Å². The number of hydrogen-bond acceptors (Lipinski definition) is 6. The van der Waals surface area contributed by atoms with Crippen molar-refractivity contribution in [2.75, 3.05) is 38.0 Å². The maximum absolute atomic E-state index is 13.9. The van der Waals surface area contributed by atoms with Crippen LogP contribution >= 0.6 is 0 Å². The number of nitrogens with zero attached hydrogens (tertiary/aromatic N) is 4. The molecule has 3 aromatic rings. The molecule has 2 heterocycles. The molecule has 2 aromatic carbocycles. The number of carbonyl (C=O) groups excluding carboxylic acids is 1. The second-order valence-electron chi connectivity index (χ2n) is 8.72. The summed E-state index contributed by atoms with van der Waals surface area (Å²) in [7, 11) is 0. The Morgan fingerprint density at radius 3 is 2.45 bits per heavy atom. The Kier molecular flexibility index (Phi) is 6.85. The van der Waals surface area contributed by atoms with Gasteiger partial charge in [0.15, 0.2) is 0 Å². The molecular formula is C25H30FN5O2. The zero-order valence-electron chi connectivity index (χ0n) is 19.6. The highest BCUT2D eigenvalue weighted by atomic mass is 19.1. The van der Waals surface area contributed by atoms with Crippen LogP contribution in [0.1, 0.15) is 35.5 Å². The molecule has 0 aliphatic carbocycles. The second-order valence-corrected chi connectivity index (χ2v) is 8.72. The number of halogens is 1. The number of piperazine rings is 1. The lowest BCUT2D eigenvalue weighted by Crippen LogP contribution is -2.49. The highest BCUT2D eigenvalue weighted by molar-refractivity contribution is 5.93. The third kappa shape index (κ3) is 5.29. The van der Waals surface area contributed by atoms with Gasteiger partial charge in [-0.3, -0.25) is 14.6 Å². The summed E-state index contributed by atoms with van der Waals surface area (Å²) in [5.41, 5.74) is 4.20. The van der Waals surface area contributed by atoms with Crippen molar-refractivity contribution in [1.82, 2.24) is 19.9 Å². The molecule has 1 saturated heterocycles. The summed E-state index contributed by atoms with van der Waals surface area (Å²) < 4.78 is 19.4. The van der Waals surface area contributed by atoms with E-state index in [9.17, 15) is 9.18 Å². The van der Waals surface area contributed by atoms with Crippen molar-refractivity contribution in [3.8, 4) is 11.4 Å². The van der Waals surface area contributed by atoms with Crippen molar-refractivity contribution >= 4 is 11.6 Å². The minimum Gasteiger partial charge on any atom is -0.337 e. The summed E-state index contributed by atoms with van der Waals surface area (Å²) in [6.45, 7) is 11.2. The fraction of sp³-hybridized carbons (Fsp3) is 0.400. The van der Waals surface area contributed by atoms with Gasteiger partial charge in [0.2, 0.25) is 17.6 Å². The Morgan fingerprint density at radius 1 is 1.09 bits per heavy atom. The van der Waals surface area contributed by atoms with E-state index in [4.69, 9.17) is 4.52 Å². The summed E-state index contributed by atoms with van der Waals surface area (Å²) in [6, 6.07) is 10.9. The van der Waals surface area contributed by atoms with Gasteiger partial charge in [0, 0.05) is 37.4 Å². The molecule has 33 heavy (non-hydrogen) atoms. The zero-order chi connectivity index (χ0) is 23.5. The highest BCUT2D eigenvalue weighted by Crippen LogP contribution is 2.25. The number of rotatable bonds is 6. The van der Waals surface area contributed by atoms with E-state index in [1.165, 1.54) is 6.07 Å². The fourth-order valence-corrected chi connectivity index (χ4v) is 4.11. The lowest BCUT2D eigenvalue weighted by Gasteiger charge is -2.36. The summed E-state index contributed by atoms with van der Waals surface area (Å²) in [5.74, 6) is 0.607. The van der Waals surface area contributed by atoms with Crippen LogP contribution in [-0.4, -0.2) is 58.6 Å². The molecule has 0 bridgehead atoms. The Labute approximate surface area is 193 Å². The summed E-state index contributed by atoms with van der Waals surface area (Å²) in [4.78, 5) is 21.5.